The molecule has 4 rings (SSSR count). The number of nitrogens with one attached hydrogen (secondary N) is 1. The summed E-state index contributed by atoms with van der Waals surface area (Å²) in [6, 6.07) is 8.67. The molecule has 0 radical (unpaired) electrons. The molecule has 2 aliphatic heterocycles. The number of carbonyl (C=O) groups excluding carboxylic acids is 1. The summed E-state index contributed by atoms with van der Waals surface area (Å²) in [7, 11) is 1.67. The van der Waals surface area contributed by atoms with Crippen LogP contribution in [-0.2, 0) is 11.3 Å². The highest BCUT2D eigenvalue weighted by Gasteiger charge is 2.32. The molecule has 1 N–H and O–H groups in total. The van der Waals surface area contributed by atoms with Gasteiger partial charge in [-0.3, -0.25) is 4.79 Å². The third kappa shape index (κ3) is 3.58. The third-order valence-corrected chi connectivity index (χ3v) is 6.08. The summed E-state index contributed by atoms with van der Waals surface area (Å²) in [6.07, 6.45) is 8.46. The number of amides is 1. The molecule has 0 bridgehead atoms. The Morgan fingerprint density at radius 3 is 2.96 bits per heavy atom. The molecule has 26 heavy (non-hydrogen) atoms. The van der Waals surface area contributed by atoms with Gasteiger partial charge >= 0.3 is 0 Å². The van der Waals surface area contributed by atoms with Gasteiger partial charge in [-0.05, 0) is 69.0 Å². The van der Waals surface area contributed by atoms with E-state index in [4.69, 9.17) is 4.74 Å². The second-order valence-electron chi connectivity index (χ2n) is 7.67. The molecule has 2 fully saturated rings. The van der Waals surface area contributed by atoms with Gasteiger partial charge in [0.15, 0.2) is 0 Å². The van der Waals surface area contributed by atoms with E-state index in [9.17, 15) is 4.79 Å². The zero-order chi connectivity index (χ0) is 17.9. The van der Waals surface area contributed by atoms with Crippen LogP contribution in [-0.4, -0.2) is 48.2 Å². The molecule has 2 aromatic rings. The highest BCUT2D eigenvalue weighted by Crippen LogP contribution is 2.30. The number of ether oxygens (including phenoxy) is 1. The molecule has 2 atom stereocenters. The van der Waals surface area contributed by atoms with Gasteiger partial charge in [-0.2, -0.15) is 0 Å². The van der Waals surface area contributed by atoms with E-state index in [1.807, 2.05) is 35.0 Å². The maximum absolute atomic E-state index is 12.5. The molecular formula is C21H29N3O2. The monoisotopic (exact) mass is 355 g/mol. The lowest BCUT2D eigenvalue weighted by molar-refractivity contribution is -0.122. The number of aromatic nitrogens is 1. The van der Waals surface area contributed by atoms with E-state index in [-0.39, 0.29) is 5.91 Å². The molecule has 0 unspecified atom stereocenters. The SMILES string of the molecule is COc1ccc2c(ccn2CC(=O)NC[C@H]2CCCN3CCCC[C@H]23)c1. The Balaban J connectivity index is 1.35. The van der Waals surface area contributed by atoms with Crippen molar-refractivity contribution in [1.29, 1.82) is 0 Å². The smallest absolute Gasteiger partial charge is 0.239 e. The fourth-order valence-electron chi connectivity index (χ4n) is 4.71. The molecule has 140 valence electrons. The largest absolute Gasteiger partial charge is 0.497 e. The third-order valence-electron chi connectivity index (χ3n) is 6.08. The first-order valence-corrected chi connectivity index (χ1v) is 9.88. The van der Waals surface area contributed by atoms with Crippen molar-refractivity contribution in [3.05, 3.63) is 30.5 Å². The van der Waals surface area contributed by atoms with Gasteiger partial charge in [-0.25, -0.2) is 0 Å². The van der Waals surface area contributed by atoms with E-state index < -0.39 is 0 Å². The Labute approximate surface area is 155 Å². The Morgan fingerprint density at radius 2 is 2.08 bits per heavy atom. The lowest BCUT2D eigenvalue weighted by Gasteiger charge is -2.44. The second kappa shape index (κ2) is 7.70. The summed E-state index contributed by atoms with van der Waals surface area (Å²) >= 11 is 0. The Kier molecular flexibility index (Phi) is 5.16. The average molecular weight is 355 g/mol. The summed E-state index contributed by atoms with van der Waals surface area (Å²) in [4.78, 5) is 15.2. The van der Waals surface area contributed by atoms with Crippen molar-refractivity contribution in [1.82, 2.24) is 14.8 Å². The van der Waals surface area contributed by atoms with E-state index in [0.717, 1.165) is 23.2 Å². The van der Waals surface area contributed by atoms with E-state index in [2.05, 4.69) is 10.2 Å². The molecule has 2 saturated heterocycles. The van der Waals surface area contributed by atoms with Crippen LogP contribution in [0.2, 0.25) is 0 Å². The van der Waals surface area contributed by atoms with Crippen molar-refractivity contribution in [3.63, 3.8) is 0 Å². The van der Waals surface area contributed by atoms with Crippen LogP contribution in [0.4, 0.5) is 0 Å². The zero-order valence-electron chi connectivity index (χ0n) is 15.6. The number of nitrogens with zero attached hydrogens (tertiary/aromatic N) is 2. The van der Waals surface area contributed by atoms with Crippen LogP contribution >= 0.6 is 0 Å². The van der Waals surface area contributed by atoms with Crippen LogP contribution in [0.5, 0.6) is 5.75 Å². The van der Waals surface area contributed by atoms with Crippen LogP contribution in [0, 0.1) is 5.92 Å². The molecule has 5 heteroatoms. The van der Waals surface area contributed by atoms with Gasteiger partial charge in [0, 0.05) is 29.7 Å². The second-order valence-corrected chi connectivity index (χ2v) is 7.67. The molecule has 0 spiro atoms. The summed E-state index contributed by atoms with van der Waals surface area (Å²) in [5.74, 6) is 1.55. The van der Waals surface area contributed by atoms with Gasteiger partial charge in [-0.1, -0.05) is 6.42 Å². The molecule has 1 aromatic carbocycles. The van der Waals surface area contributed by atoms with Crippen LogP contribution in [0.3, 0.4) is 0 Å². The highest BCUT2D eigenvalue weighted by atomic mass is 16.5. The quantitative estimate of drug-likeness (QED) is 0.897. The Bertz CT molecular complexity index is 768. The molecule has 1 amide bonds. The maximum Gasteiger partial charge on any atom is 0.239 e. The summed E-state index contributed by atoms with van der Waals surface area (Å²) < 4.78 is 7.28. The van der Waals surface area contributed by atoms with Crippen LogP contribution in [0.15, 0.2) is 30.5 Å². The minimum atomic E-state index is 0.103. The van der Waals surface area contributed by atoms with Gasteiger partial charge in [0.05, 0.1) is 7.11 Å². The van der Waals surface area contributed by atoms with Crippen molar-refractivity contribution in [2.24, 2.45) is 5.92 Å². The number of methoxy groups -OCH3 is 1. The first-order valence-electron chi connectivity index (χ1n) is 9.88. The number of rotatable bonds is 5. The van der Waals surface area contributed by atoms with Gasteiger partial charge in [0.2, 0.25) is 5.91 Å². The molecule has 0 aliphatic carbocycles. The minimum Gasteiger partial charge on any atom is -0.497 e. The summed E-state index contributed by atoms with van der Waals surface area (Å²) in [5.41, 5.74) is 1.07. The van der Waals surface area contributed by atoms with Gasteiger partial charge in [0.1, 0.15) is 12.3 Å². The number of benzene rings is 1. The van der Waals surface area contributed by atoms with Crippen LogP contribution < -0.4 is 10.1 Å². The summed E-state index contributed by atoms with van der Waals surface area (Å²) in [6.45, 7) is 3.67. The van der Waals surface area contributed by atoms with Crippen LogP contribution in [0.1, 0.15) is 32.1 Å². The van der Waals surface area contributed by atoms with Gasteiger partial charge in [-0.15, -0.1) is 0 Å². The lowest BCUT2D eigenvalue weighted by atomic mass is 9.83. The topological polar surface area (TPSA) is 46.5 Å². The number of hydrogen-bond acceptors (Lipinski definition) is 3. The number of hydrogen-bond donors (Lipinski definition) is 1. The molecular weight excluding hydrogens is 326 g/mol. The fourth-order valence-corrected chi connectivity index (χ4v) is 4.71. The number of carbonyl (C=O) groups is 1. The average Bonchev–Trinajstić information content (AvgIpc) is 3.08. The minimum absolute atomic E-state index is 0.103. The molecule has 0 saturated carbocycles. The predicted molar refractivity (Wildman–Crippen MR) is 103 cm³/mol. The van der Waals surface area contributed by atoms with Crippen LogP contribution in [0.25, 0.3) is 10.9 Å². The van der Waals surface area contributed by atoms with Crippen molar-refractivity contribution < 1.29 is 9.53 Å². The molecule has 2 aliphatic rings. The van der Waals surface area contributed by atoms with Gasteiger partial charge < -0.3 is 19.5 Å². The van der Waals surface area contributed by atoms with E-state index >= 15 is 0 Å². The fraction of sp³-hybridized carbons (Fsp3) is 0.571. The lowest BCUT2D eigenvalue weighted by Crippen LogP contribution is -2.51. The predicted octanol–water partition coefficient (Wildman–Crippen LogP) is 3.03. The first-order chi connectivity index (χ1) is 12.7. The zero-order valence-corrected chi connectivity index (χ0v) is 15.6. The van der Waals surface area contributed by atoms with E-state index in [1.165, 1.54) is 45.2 Å². The summed E-state index contributed by atoms with van der Waals surface area (Å²) in [5, 5.41) is 4.30. The molecule has 5 nitrogen and oxygen atoms in total. The Hall–Kier alpha value is -2.01. The van der Waals surface area contributed by atoms with Gasteiger partial charge in [0.25, 0.3) is 0 Å². The highest BCUT2D eigenvalue weighted by molar-refractivity contribution is 5.84. The number of piperidine rings is 2. The van der Waals surface area contributed by atoms with Crippen molar-refractivity contribution >= 4 is 16.8 Å². The van der Waals surface area contributed by atoms with Crippen molar-refractivity contribution in [3.8, 4) is 5.75 Å². The normalized spacial score (nSPS) is 23.6. The maximum atomic E-state index is 12.5. The molecule has 3 heterocycles. The molecule has 1 aromatic heterocycles. The van der Waals surface area contributed by atoms with Crippen molar-refractivity contribution in [2.75, 3.05) is 26.7 Å². The standard InChI is InChI=1S/C21H29N3O2/c1-26-18-7-8-20-16(13-18)9-12-24(20)15-21(25)22-14-17-5-4-11-23-10-3-2-6-19(17)23/h7-9,12-13,17,19H,2-6,10-11,14-15H2,1H3,(H,22,25)/t17-,19-/m1/s1. The van der Waals surface area contributed by atoms with E-state index in [0.29, 0.717) is 18.5 Å². The number of fused-ring (bicyclic) bond motifs is 2. The van der Waals surface area contributed by atoms with E-state index in [1.54, 1.807) is 7.11 Å². The van der Waals surface area contributed by atoms with Crippen molar-refractivity contribution in [2.45, 2.75) is 44.7 Å². The first kappa shape index (κ1) is 17.4. The Morgan fingerprint density at radius 1 is 1.19 bits per heavy atom.